The Kier molecular flexibility index (Phi) is 4.13. The first-order valence-electron chi connectivity index (χ1n) is 8.52. The standard InChI is InChI=1S/C21H17FN2O2/c22-17-7-9-18(10-8-17)23-19(25)11-6-16-13-15-4-1-3-14-5-2-12-24(20(14)15)21(16)26/h1,3-4,6-11,13H,2,5,12H2,(H,23,25)/b11-6+. The summed E-state index contributed by atoms with van der Waals surface area (Å²) >= 11 is 0. The van der Waals surface area contributed by atoms with E-state index in [0.29, 0.717) is 17.8 Å². The van der Waals surface area contributed by atoms with Crippen LogP contribution in [-0.2, 0) is 17.8 Å². The number of amides is 1. The SMILES string of the molecule is O=C(/C=C/c1cc2cccc3c2n(c1=O)CCC3)Nc1ccc(F)cc1. The minimum Gasteiger partial charge on any atom is -0.323 e. The second-order valence-corrected chi connectivity index (χ2v) is 6.34. The van der Waals surface area contributed by atoms with Gasteiger partial charge in [0.05, 0.1) is 5.52 Å². The van der Waals surface area contributed by atoms with E-state index in [-0.39, 0.29) is 17.3 Å². The fourth-order valence-electron chi connectivity index (χ4n) is 3.39. The molecule has 1 aromatic heterocycles. The Bertz CT molecular complexity index is 1080. The van der Waals surface area contributed by atoms with E-state index < -0.39 is 0 Å². The maximum absolute atomic E-state index is 12.9. The van der Waals surface area contributed by atoms with Crippen molar-refractivity contribution in [2.75, 3.05) is 5.32 Å². The summed E-state index contributed by atoms with van der Waals surface area (Å²) < 4.78 is 14.7. The van der Waals surface area contributed by atoms with Crippen molar-refractivity contribution in [3.05, 3.63) is 81.9 Å². The highest BCUT2D eigenvalue weighted by atomic mass is 19.1. The van der Waals surface area contributed by atoms with Crippen LogP contribution in [0.5, 0.6) is 0 Å². The van der Waals surface area contributed by atoms with Crippen molar-refractivity contribution in [1.82, 2.24) is 4.57 Å². The summed E-state index contributed by atoms with van der Waals surface area (Å²) in [5.74, 6) is -0.737. The van der Waals surface area contributed by atoms with E-state index in [1.807, 2.05) is 18.2 Å². The van der Waals surface area contributed by atoms with Crippen LogP contribution in [0.4, 0.5) is 10.1 Å². The van der Waals surface area contributed by atoms with Gasteiger partial charge in [0.2, 0.25) is 5.91 Å². The molecule has 5 heteroatoms. The number of aromatic nitrogens is 1. The molecule has 2 heterocycles. The van der Waals surface area contributed by atoms with Gasteiger partial charge in [-0.25, -0.2) is 4.39 Å². The summed E-state index contributed by atoms with van der Waals surface area (Å²) in [5.41, 5.74) is 3.07. The van der Waals surface area contributed by atoms with Crippen LogP contribution in [0.15, 0.2) is 59.4 Å². The zero-order chi connectivity index (χ0) is 18.1. The minimum absolute atomic E-state index is 0.0875. The number of rotatable bonds is 3. The van der Waals surface area contributed by atoms with Crippen LogP contribution in [0.1, 0.15) is 17.5 Å². The van der Waals surface area contributed by atoms with Crippen molar-refractivity contribution in [2.45, 2.75) is 19.4 Å². The molecule has 4 nitrogen and oxygen atoms in total. The number of nitrogens with zero attached hydrogens (tertiary/aromatic N) is 1. The fourth-order valence-corrected chi connectivity index (χ4v) is 3.39. The molecule has 0 radical (unpaired) electrons. The third-order valence-electron chi connectivity index (χ3n) is 4.58. The lowest BCUT2D eigenvalue weighted by Gasteiger charge is -2.19. The van der Waals surface area contributed by atoms with Crippen LogP contribution in [0.3, 0.4) is 0 Å². The summed E-state index contributed by atoms with van der Waals surface area (Å²) in [5, 5.41) is 3.64. The van der Waals surface area contributed by atoms with Crippen LogP contribution in [0, 0.1) is 5.82 Å². The molecule has 0 fully saturated rings. The lowest BCUT2D eigenvalue weighted by molar-refractivity contribution is -0.111. The summed E-state index contributed by atoms with van der Waals surface area (Å²) in [6.07, 6.45) is 4.77. The van der Waals surface area contributed by atoms with Crippen molar-refractivity contribution in [3.63, 3.8) is 0 Å². The van der Waals surface area contributed by atoms with E-state index in [1.165, 1.54) is 42.0 Å². The largest absolute Gasteiger partial charge is 0.323 e. The smallest absolute Gasteiger partial charge is 0.258 e. The summed E-state index contributed by atoms with van der Waals surface area (Å²) in [6, 6.07) is 13.4. The molecular weight excluding hydrogens is 331 g/mol. The number of anilines is 1. The third kappa shape index (κ3) is 3.04. The molecule has 0 saturated carbocycles. The molecule has 26 heavy (non-hydrogen) atoms. The Balaban J connectivity index is 1.64. The van der Waals surface area contributed by atoms with Crippen LogP contribution in [0.25, 0.3) is 17.0 Å². The van der Waals surface area contributed by atoms with E-state index in [0.717, 1.165) is 23.7 Å². The fraction of sp³-hybridized carbons (Fsp3) is 0.143. The van der Waals surface area contributed by atoms with Crippen molar-refractivity contribution in [3.8, 4) is 0 Å². The highest BCUT2D eigenvalue weighted by Gasteiger charge is 2.15. The van der Waals surface area contributed by atoms with E-state index >= 15 is 0 Å². The molecule has 3 aromatic rings. The molecule has 130 valence electrons. The molecule has 0 aliphatic carbocycles. The van der Waals surface area contributed by atoms with Crippen LogP contribution < -0.4 is 10.9 Å². The minimum atomic E-state index is -0.372. The van der Waals surface area contributed by atoms with Crippen LogP contribution >= 0.6 is 0 Å². The molecule has 1 amide bonds. The lowest BCUT2D eigenvalue weighted by atomic mass is 10.00. The number of para-hydroxylation sites is 1. The summed E-state index contributed by atoms with van der Waals surface area (Å²) in [7, 11) is 0. The molecule has 0 bridgehead atoms. The number of hydrogen-bond acceptors (Lipinski definition) is 2. The van der Waals surface area contributed by atoms with E-state index in [4.69, 9.17) is 0 Å². The molecule has 1 aliphatic rings. The molecule has 1 aliphatic heterocycles. The summed E-state index contributed by atoms with van der Waals surface area (Å²) in [6.45, 7) is 0.690. The van der Waals surface area contributed by atoms with Crippen molar-refractivity contribution >= 4 is 28.6 Å². The molecule has 0 atom stereocenters. The van der Waals surface area contributed by atoms with E-state index in [2.05, 4.69) is 11.4 Å². The third-order valence-corrected chi connectivity index (χ3v) is 4.58. The number of hydrogen-bond donors (Lipinski definition) is 1. The number of halogens is 1. The number of aryl methyl sites for hydroxylation is 2. The number of carbonyl (C=O) groups is 1. The monoisotopic (exact) mass is 348 g/mol. The molecule has 0 unspecified atom stereocenters. The van der Waals surface area contributed by atoms with Crippen LogP contribution in [0.2, 0.25) is 0 Å². The first kappa shape index (κ1) is 16.3. The summed E-state index contributed by atoms with van der Waals surface area (Å²) in [4.78, 5) is 24.8. The first-order chi connectivity index (χ1) is 12.6. The zero-order valence-corrected chi connectivity index (χ0v) is 14.0. The van der Waals surface area contributed by atoms with Crippen molar-refractivity contribution < 1.29 is 9.18 Å². The van der Waals surface area contributed by atoms with Gasteiger partial charge in [-0.3, -0.25) is 9.59 Å². The molecule has 0 spiro atoms. The number of carbonyl (C=O) groups excluding carboxylic acids is 1. The Labute approximate surface area is 149 Å². The van der Waals surface area contributed by atoms with Gasteiger partial charge in [-0.05, 0) is 60.2 Å². The zero-order valence-electron chi connectivity index (χ0n) is 14.0. The second-order valence-electron chi connectivity index (χ2n) is 6.34. The van der Waals surface area contributed by atoms with Gasteiger partial charge >= 0.3 is 0 Å². The number of pyridine rings is 1. The Hall–Kier alpha value is -3.21. The van der Waals surface area contributed by atoms with Gasteiger partial charge in [0, 0.05) is 23.9 Å². The van der Waals surface area contributed by atoms with Gasteiger partial charge in [-0.1, -0.05) is 18.2 Å². The molecule has 4 rings (SSSR count). The average molecular weight is 348 g/mol. The predicted molar refractivity (Wildman–Crippen MR) is 101 cm³/mol. The van der Waals surface area contributed by atoms with Gasteiger partial charge in [-0.2, -0.15) is 0 Å². The highest BCUT2D eigenvalue weighted by Crippen LogP contribution is 2.24. The van der Waals surface area contributed by atoms with E-state index in [1.54, 1.807) is 4.57 Å². The van der Waals surface area contributed by atoms with Gasteiger partial charge in [-0.15, -0.1) is 0 Å². The number of nitrogens with one attached hydrogen (secondary N) is 1. The first-order valence-corrected chi connectivity index (χ1v) is 8.52. The lowest BCUT2D eigenvalue weighted by Crippen LogP contribution is -2.26. The molecule has 1 N–H and O–H groups in total. The van der Waals surface area contributed by atoms with Gasteiger partial charge in [0.15, 0.2) is 0 Å². The Morgan fingerprint density at radius 3 is 2.77 bits per heavy atom. The van der Waals surface area contributed by atoms with Crippen LogP contribution in [-0.4, -0.2) is 10.5 Å². The topological polar surface area (TPSA) is 51.1 Å². The predicted octanol–water partition coefficient (Wildman–Crippen LogP) is 3.74. The molecule has 0 saturated heterocycles. The highest BCUT2D eigenvalue weighted by molar-refractivity contribution is 6.02. The maximum atomic E-state index is 12.9. The normalized spacial score (nSPS) is 13.3. The maximum Gasteiger partial charge on any atom is 0.258 e. The Morgan fingerprint density at radius 2 is 1.96 bits per heavy atom. The average Bonchev–Trinajstić information content (AvgIpc) is 2.65. The van der Waals surface area contributed by atoms with Crippen molar-refractivity contribution in [1.29, 1.82) is 0 Å². The van der Waals surface area contributed by atoms with Gasteiger partial charge < -0.3 is 9.88 Å². The Morgan fingerprint density at radius 1 is 1.15 bits per heavy atom. The molecule has 2 aromatic carbocycles. The van der Waals surface area contributed by atoms with E-state index in [9.17, 15) is 14.0 Å². The van der Waals surface area contributed by atoms with Gasteiger partial charge in [0.1, 0.15) is 5.82 Å². The second kappa shape index (κ2) is 6.59. The quantitative estimate of drug-likeness (QED) is 0.733. The van der Waals surface area contributed by atoms with Gasteiger partial charge in [0.25, 0.3) is 5.56 Å². The number of benzene rings is 2. The molecular formula is C21H17FN2O2. The van der Waals surface area contributed by atoms with Crippen molar-refractivity contribution in [2.24, 2.45) is 0 Å².